The maximum Gasteiger partial charge on any atom is 0.407 e. The molecule has 1 fully saturated rings. The van der Waals surface area contributed by atoms with Gasteiger partial charge in [0.05, 0.1) is 0 Å². The zero-order valence-electron chi connectivity index (χ0n) is 13.7. The van der Waals surface area contributed by atoms with Crippen LogP contribution in [0.4, 0.5) is 4.79 Å². The maximum atomic E-state index is 10.9. The molecule has 1 aromatic carbocycles. The van der Waals surface area contributed by atoms with Crippen molar-refractivity contribution in [3.8, 4) is 16.9 Å². The summed E-state index contributed by atoms with van der Waals surface area (Å²) in [6.45, 7) is 1.06. The van der Waals surface area contributed by atoms with E-state index in [4.69, 9.17) is 9.84 Å². The summed E-state index contributed by atoms with van der Waals surface area (Å²) in [5.74, 6) is 0.819. The monoisotopic (exact) mass is 337 g/mol. The number of ether oxygens (including phenoxy) is 1. The molecule has 1 aliphatic heterocycles. The van der Waals surface area contributed by atoms with Crippen LogP contribution in [0.5, 0.6) is 5.75 Å². The molecule has 128 valence electrons. The van der Waals surface area contributed by atoms with Crippen LogP contribution in [-0.4, -0.2) is 44.7 Å². The quantitative estimate of drug-likeness (QED) is 0.794. The van der Waals surface area contributed by atoms with Gasteiger partial charge in [-0.2, -0.15) is 0 Å². The summed E-state index contributed by atoms with van der Waals surface area (Å²) in [4.78, 5) is 16.7. The standard InChI is InChI=1S/C19H19N3O3/c23-19(24)22-10-6-17(7-11-22)25-16-3-1-14(2-4-16)15-5-9-21-12-8-20-18(21)13-15/h1-5,8-9,12-13,17H,6-7,10-11H2,(H,23,24). The third kappa shape index (κ3) is 3.28. The van der Waals surface area contributed by atoms with Gasteiger partial charge in [-0.25, -0.2) is 9.78 Å². The van der Waals surface area contributed by atoms with Crippen molar-refractivity contribution in [3.63, 3.8) is 0 Å². The van der Waals surface area contributed by atoms with Crippen LogP contribution in [0.3, 0.4) is 0 Å². The molecule has 6 heteroatoms. The van der Waals surface area contributed by atoms with Crippen LogP contribution in [0.15, 0.2) is 55.0 Å². The van der Waals surface area contributed by atoms with Crippen molar-refractivity contribution in [1.29, 1.82) is 0 Å². The number of hydrogen-bond donors (Lipinski definition) is 1. The van der Waals surface area contributed by atoms with Gasteiger partial charge in [0, 0.05) is 44.5 Å². The Morgan fingerprint density at radius 3 is 2.56 bits per heavy atom. The predicted octanol–water partition coefficient (Wildman–Crippen LogP) is 3.52. The van der Waals surface area contributed by atoms with Crippen molar-refractivity contribution in [3.05, 3.63) is 55.0 Å². The second-order valence-corrected chi connectivity index (χ2v) is 6.22. The van der Waals surface area contributed by atoms with Crippen LogP contribution >= 0.6 is 0 Å². The highest BCUT2D eigenvalue weighted by Crippen LogP contribution is 2.25. The van der Waals surface area contributed by atoms with E-state index in [-0.39, 0.29) is 6.10 Å². The van der Waals surface area contributed by atoms with Crippen molar-refractivity contribution >= 4 is 11.7 Å². The third-order valence-corrected chi connectivity index (χ3v) is 4.60. The molecule has 25 heavy (non-hydrogen) atoms. The lowest BCUT2D eigenvalue weighted by atomic mass is 10.1. The van der Waals surface area contributed by atoms with Crippen LogP contribution in [0, 0.1) is 0 Å². The molecule has 1 amide bonds. The number of aromatic nitrogens is 2. The summed E-state index contributed by atoms with van der Waals surface area (Å²) in [7, 11) is 0. The lowest BCUT2D eigenvalue weighted by molar-refractivity contribution is 0.0895. The van der Waals surface area contributed by atoms with Crippen molar-refractivity contribution in [2.75, 3.05) is 13.1 Å². The Morgan fingerprint density at radius 1 is 1.08 bits per heavy atom. The Kier molecular flexibility index (Phi) is 4.01. The number of fused-ring (bicyclic) bond motifs is 1. The fourth-order valence-electron chi connectivity index (χ4n) is 3.17. The first-order valence-electron chi connectivity index (χ1n) is 8.37. The van der Waals surface area contributed by atoms with Gasteiger partial charge < -0.3 is 19.1 Å². The summed E-state index contributed by atoms with van der Waals surface area (Å²) in [5, 5.41) is 8.98. The fraction of sp³-hybridized carbons (Fsp3) is 0.263. The molecule has 0 bridgehead atoms. The molecule has 0 unspecified atom stereocenters. The minimum Gasteiger partial charge on any atom is -0.490 e. The minimum absolute atomic E-state index is 0.0720. The lowest BCUT2D eigenvalue weighted by Crippen LogP contribution is -2.41. The van der Waals surface area contributed by atoms with E-state index in [9.17, 15) is 4.79 Å². The number of hydrogen-bond acceptors (Lipinski definition) is 3. The van der Waals surface area contributed by atoms with Crippen LogP contribution in [-0.2, 0) is 0 Å². The zero-order valence-corrected chi connectivity index (χ0v) is 13.7. The van der Waals surface area contributed by atoms with E-state index >= 15 is 0 Å². The number of piperidine rings is 1. The Morgan fingerprint density at radius 2 is 1.84 bits per heavy atom. The van der Waals surface area contributed by atoms with Crippen LogP contribution in [0.1, 0.15) is 12.8 Å². The van der Waals surface area contributed by atoms with E-state index < -0.39 is 6.09 Å². The lowest BCUT2D eigenvalue weighted by Gasteiger charge is -2.30. The van der Waals surface area contributed by atoms with Gasteiger partial charge in [-0.05, 0) is 35.4 Å². The molecule has 0 radical (unpaired) electrons. The smallest absolute Gasteiger partial charge is 0.407 e. The molecule has 0 aliphatic carbocycles. The molecule has 3 aromatic rings. The van der Waals surface area contributed by atoms with Crippen molar-refractivity contribution in [1.82, 2.24) is 14.3 Å². The van der Waals surface area contributed by atoms with E-state index in [1.165, 1.54) is 4.90 Å². The molecule has 1 aliphatic rings. The third-order valence-electron chi connectivity index (χ3n) is 4.60. The van der Waals surface area contributed by atoms with Gasteiger partial charge in [0.1, 0.15) is 17.5 Å². The molecular formula is C19H19N3O3. The fourth-order valence-corrected chi connectivity index (χ4v) is 3.17. The van der Waals surface area contributed by atoms with Gasteiger partial charge >= 0.3 is 6.09 Å². The zero-order chi connectivity index (χ0) is 17.2. The molecule has 0 atom stereocenters. The molecule has 6 nitrogen and oxygen atoms in total. The second-order valence-electron chi connectivity index (χ2n) is 6.22. The molecule has 0 spiro atoms. The minimum atomic E-state index is -0.850. The normalized spacial score (nSPS) is 15.4. The Bertz CT molecular complexity index is 880. The number of benzene rings is 1. The summed E-state index contributed by atoms with van der Waals surface area (Å²) in [5.41, 5.74) is 3.14. The number of carboxylic acid groups (broad SMARTS) is 1. The van der Waals surface area contributed by atoms with E-state index in [1.54, 1.807) is 6.20 Å². The summed E-state index contributed by atoms with van der Waals surface area (Å²) < 4.78 is 7.97. The summed E-state index contributed by atoms with van der Waals surface area (Å²) in [6.07, 6.45) is 6.38. The number of amides is 1. The molecular weight excluding hydrogens is 318 g/mol. The van der Waals surface area contributed by atoms with Gasteiger partial charge in [-0.1, -0.05) is 12.1 Å². The van der Waals surface area contributed by atoms with E-state index in [2.05, 4.69) is 17.1 Å². The van der Waals surface area contributed by atoms with Gasteiger partial charge in [0.15, 0.2) is 0 Å². The predicted molar refractivity (Wildman–Crippen MR) is 93.9 cm³/mol. The van der Waals surface area contributed by atoms with E-state index in [0.29, 0.717) is 13.1 Å². The molecule has 4 rings (SSSR count). The van der Waals surface area contributed by atoms with Crippen molar-refractivity contribution in [2.24, 2.45) is 0 Å². The number of nitrogens with zero attached hydrogens (tertiary/aromatic N) is 3. The first kappa shape index (κ1) is 15.5. The largest absolute Gasteiger partial charge is 0.490 e. The van der Waals surface area contributed by atoms with Crippen molar-refractivity contribution in [2.45, 2.75) is 18.9 Å². The van der Waals surface area contributed by atoms with Crippen LogP contribution in [0.25, 0.3) is 16.8 Å². The van der Waals surface area contributed by atoms with Gasteiger partial charge in [0.25, 0.3) is 0 Å². The second kappa shape index (κ2) is 6.47. The SMILES string of the molecule is O=C(O)N1CCC(Oc2ccc(-c3ccn4ccnc4c3)cc2)CC1. The molecule has 2 aromatic heterocycles. The first-order valence-corrected chi connectivity index (χ1v) is 8.37. The Hall–Kier alpha value is -3.02. The molecule has 1 N–H and O–H groups in total. The highest BCUT2D eigenvalue weighted by atomic mass is 16.5. The maximum absolute atomic E-state index is 10.9. The van der Waals surface area contributed by atoms with Crippen molar-refractivity contribution < 1.29 is 14.6 Å². The van der Waals surface area contributed by atoms with Gasteiger partial charge in [0.2, 0.25) is 0 Å². The number of imidazole rings is 1. The summed E-state index contributed by atoms with van der Waals surface area (Å²) >= 11 is 0. The average molecular weight is 337 g/mol. The molecule has 1 saturated heterocycles. The Balaban J connectivity index is 1.42. The number of rotatable bonds is 3. The molecule has 0 saturated carbocycles. The first-order chi connectivity index (χ1) is 12.2. The highest BCUT2D eigenvalue weighted by molar-refractivity contribution is 5.68. The molecule has 3 heterocycles. The number of carbonyl (C=O) groups is 1. The highest BCUT2D eigenvalue weighted by Gasteiger charge is 2.23. The topological polar surface area (TPSA) is 67.1 Å². The van der Waals surface area contributed by atoms with E-state index in [1.807, 2.05) is 41.1 Å². The van der Waals surface area contributed by atoms with E-state index in [0.717, 1.165) is 35.4 Å². The summed E-state index contributed by atoms with van der Waals surface area (Å²) in [6, 6.07) is 12.1. The van der Waals surface area contributed by atoms with Gasteiger partial charge in [-0.15, -0.1) is 0 Å². The van der Waals surface area contributed by atoms with Crippen LogP contribution in [0.2, 0.25) is 0 Å². The number of likely N-dealkylation sites (tertiary alicyclic amines) is 1. The number of pyridine rings is 1. The Labute approximate surface area is 145 Å². The average Bonchev–Trinajstić information content (AvgIpc) is 3.10. The van der Waals surface area contributed by atoms with Gasteiger partial charge in [-0.3, -0.25) is 0 Å². The van der Waals surface area contributed by atoms with Crippen LogP contribution < -0.4 is 4.74 Å².